The van der Waals surface area contributed by atoms with Gasteiger partial charge in [0.15, 0.2) is 0 Å². The Morgan fingerprint density at radius 1 is 1.06 bits per heavy atom. The van der Waals surface area contributed by atoms with Crippen molar-refractivity contribution in [2.75, 3.05) is 6.61 Å². The van der Waals surface area contributed by atoms with E-state index in [1.54, 1.807) is 0 Å². The Bertz CT molecular complexity index is 294. The highest BCUT2D eigenvalue weighted by atomic mass is 16.5. The van der Waals surface area contributed by atoms with Crippen LogP contribution in [0.3, 0.4) is 0 Å². The van der Waals surface area contributed by atoms with Gasteiger partial charge in [0.2, 0.25) is 0 Å². The lowest BCUT2D eigenvalue weighted by atomic mass is 10.0. The van der Waals surface area contributed by atoms with Crippen molar-refractivity contribution >= 4 is 0 Å². The fraction of sp³-hybridized carbons (Fsp3) is 0.600. The van der Waals surface area contributed by atoms with Crippen molar-refractivity contribution in [3.8, 4) is 5.75 Å². The highest BCUT2D eigenvalue weighted by Crippen LogP contribution is 2.14. The van der Waals surface area contributed by atoms with Gasteiger partial charge in [-0.15, -0.1) is 0 Å². The minimum absolute atomic E-state index is 0.344. The van der Waals surface area contributed by atoms with Crippen molar-refractivity contribution in [3.63, 3.8) is 0 Å². The highest BCUT2D eigenvalue weighted by Gasteiger charge is 2.02. The third kappa shape index (κ3) is 5.73. The standard InChI is InChI=1S/C15H25NO/c1-3-5-14(16)9-6-13-7-10-15(11-8-13)17-12-4-2/h7-8,10-11,14H,3-6,9,12,16H2,1-2H3. The number of ether oxygens (including phenoxy) is 1. The highest BCUT2D eigenvalue weighted by molar-refractivity contribution is 5.27. The summed E-state index contributed by atoms with van der Waals surface area (Å²) in [4.78, 5) is 0. The third-order valence-corrected chi connectivity index (χ3v) is 2.86. The molecule has 0 heterocycles. The van der Waals surface area contributed by atoms with Crippen LogP contribution in [0.15, 0.2) is 24.3 Å². The van der Waals surface area contributed by atoms with Crippen molar-refractivity contribution in [1.29, 1.82) is 0 Å². The molecule has 0 fully saturated rings. The molecule has 1 aromatic carbocycles. The van der Waals surface area contributed by atoms with Crippen molar-refractivity contribution in [2.45, 2.75) is 52.0 Å². The Kier molecular flexibility index (Phi) is 6.71. The zero-order chi connectivity index (χ0) is 12.5. The summed E-state index contributed by atoms with van der Waals surface area (Å²) in [5.41, 5.74) is 7.35. The maximum Gasteiger partial charge on any atom is 0.119 e. The normalized spacial score (nSPS) is 12.4. The maximum absolute atomic E-state index is 6.00. The molecular formula is C15H25NO. The van der Waals surface area contributed by atoms with E-state index in [1.165, 1.54) is 12.0 Å². The Labute approximate surface area is 105 Å². The van der Waals surface area contributed by atoms with Crippen LogP contribution in [0.4, 0.5) is 0 Å². The molecular weight excluding hydrogens is 210 g/mol. The van der Waals surface area contributed by atoms with E-state index in [0.29, 0.717) is 6.04 Å². The van der Waals surface area contributed by atoms with Crippen LogP contribution in [0, 0.1) is 0 Å². The van der Waals surface area contributed by atoms with Crippen LogP contribution in [0.5, 0.6) is 5.75 Å². The Balaban J connectivity index is 2.34. The van der Waals surface area contributed by atoms with Crippen LogP contribution >= 0.6 is 0 Å². The SMILES string of the molecule is CCCOc1ccc(CCC(N)CCC)cc1. The van der Waals surface area contributed by atoms with Gasteiger partial charge in [0.1, 0.15) is 5.75 Å². The second-order valence-corrected chi connectivity index (χ2v) is 4.58. The Morgan fingerprint density at radius 2 is 1.76 bits per heavy atom. The van der Waals surface area contributed by atoms with Crippen LogP contribution in [0.1, 0.15) is 45.1 Å². The number of hydrogen-bond acceptors (Lipinski definition) is 2. The van der Waals surface area contributed by atoms with E-state index < -0.39 is 0 Å². The van der Waals surface area contributed by atoms with Crippen LogP contribution < -0.4 is 10.5 Å². The first-order chi connectivity index (χ1) is 8.26. The molecule has 1 unspecified atom stereocenters. The molecule has 0 aliphatic rings. The molecule has 2 N–H and O–H groups in total. The number of aryl methyl sites for hydroxylation is 1. The first kappa shape index (κ1) is 14.0. The van der Waals surface area contributed by atoms with E-state index in [0.717, 1.165) is 38.0 Å². The Hall–Kier alpha value is -1.02. The zero-order valence-electron chi connectivity index (χ0n) is 11.1. The second-order valence-electron chi connectivity index (χ2n) is 4.58. The average molecular weight is 235 g/mol. The van der Waals surface area contributed by atoms with Crippen LogP contribution in [-0.4, -0.2) is 12.6 Å². The number of nitrogens with two attached hydrogens (primary N) is 1. The molecule has 1 aromatic rings. The molecule has 0 aromatic heterocycles. The molecule has 0 saturated carbocycles. The largest absolute Gasteiger partial charge is 0.494 e. The van der Waals surface area contributed by atoms with Gasteiger partial charge >= 0.3 is 0 Å². The predicted molar refractivity (Wildman–Crippen MR) is 73.4 cm³/mol. The summed E-state index contributed by atoms with van der Waals surface area (Å²) in [6, 6.07) is 8.73. The smallest absolute Gasteiger partial charge is 0.119 e. The lowest BCUT2D eigenvalue weighted by Gasteiger charge is -2.10. The van der Waals surface area contributed by atoms with Gasteiger partial charge in [-0.25, -0.2) is 0 Å². The summed E-state index contributed by atoms with van der Waals surface area (Å²) in [6.45, 7) is 5.09. The summed E-state index contributed by atoms with van der Waals surface area (Å²) in [5.74, 6) is 0.966. The van der Waals surface area contributed by atoms with Crippen molar-refractivity contribution in [3.05, 3.63) is 29.8 Å². The fourth-order valence-electron chi connectivity index (χ4n) is 1.84. The molecule has 0 radical (unpaired) electrons. The number of hydrogen-bond donors (Lipinski definition) is 1. The minimum Gasteiger partial charge on any atom is -0.494 e. The predicted octanol–water partition coefficient (Wildman–Crippen LogP) is 3.54. The van der Waals surface area contributed by atoms with E-state index in [4.69, 9.17) is 10.5 Å². The lowest BCUT2D eigenvalue weighted by molar-refractivity contribution is 0.317. The van der Waals surface area contributed by atoms with Gasteiger partial charge in [-0.2, -0.15) is 0 Å². The zero-order valence-corrected chi connectivity index (χ0v) is 11.1. The second kappa shape index (κ2) is 8.13. The van der Waals surface area contributed by atoms with Crippen molar-refractivity contribution in [2.24, 2.45) is 5.73 Å². The molecule has 96 valence electrons. The molecule has 0 aliphatic heterocycles. The Morgan fingerprint density at radius 3 is 2.35 bits per heavy atom. The summed E-state index contributed by atoms with van der Waals surface area (Å²) in [6.07, 6.45) is 5.48. The number of benzene rings is 1. The summed E-state index contributed by atoms with van der Waals surface area (Å²) in [7, 11) is 0. The summed E-state index contributed by atoms with van der Waals surface area (Å²) >= 11 is 0. The van der Waals surface area contributed by atoms with Crippen molar-refractivity contribution < 1.29 is 4.74 Å². The molecule has 17 heavy (non-hydrogen) atoms. The third-order valence-electron chi connectivity index (χ3n) is 2.86. The average Bonchev–Trinajstić information content (AvgIpc) is 2.35. The minimum atomic E-state index is 0.344. The van der Waals surface area contributed by atoms with Gasteiger partial charge in [-0.3, -0.25) is 0 Å². The fourth-order valence-corrected chi connectivity index (χ4v) is 1.84. The molecule has 0 aliphatic carbocycles. The van der Waals surface area contributed by atoms with Crippen LogP contribution in [0.25, 0.3) is 0 Å². The molecule has 1 rings (SSSR count). The first-order valence-electron chi connectivity index (χ1n) is 6.73. The van der Waals surface area contributed by atoms with Crippen LogP contribution in [-0.2, 0) is 6.42 Å². The number of rotatable bonds is 8. The van der Waals surface area contributed by atoms with Gasteiger partial charge in [0.25, 0.3) is 0 Å². The van der Waals surface area contributed by atoms with Gasteiger partial charge in [0, 0.05) is 6.04 Å². The molecule has 0 saturated heterocycles. The summed E-state index contributed by atoms with van der Waals surface area (Å²) in [5, 5.41) is 0. The molecule has 0 spiro atoms. The van der Waals surface area contributed by atoms with E-state index in [9.17, 15) is 0 Å². The topological polar surface area (TPSA) is 35.2 Å². The molecule has 0 amide bonds. The maximum atomic E-state index is 6.00. The quantitative estimate of drug-likeness (QED) is 0.748. The van der Waals surface area contributed by atoms with E-state index in [-0.39, 0.29) is 0 Å². The van der Waals surface area contributed by atoms with E-state index in [2.05, 4.69) is 38.1 Å². The van der Waals surface area contributed by atoms with Gasteiger partial charge in [0.05, 0.1) is 6.61 Å². The van der Waals surface area contributed by atoms with E-state index >= 15 is 0 Å². The molecule has 2 heteroatoms. The van der Waals surface area contributed by atoms with Gasteiger partial charge in [-0.05, 0) is 43.4 Å². The molecule has 2 nitrogen and oxygen atoms in total. The lowest BCUT2D eigenvalue weighted by Crippen LogP contribution is -2.20. The monoisotopic (exact) mass is 235 g/mol. The first-order valence-corrected chi connectivity index (χ1v) is 6.73. The van der Waals surface area contributed by atoms with Crippen molar-refractivity contribution in [1.82, 2.24) is 0 Å². The van der Waals surface area contributed by atoms with E-state index in [1.807, 2.05) is 0 Å². The van der Waals surface area contributed by atoms with Crippen LogP contribution in [0.2, 0.25) is 0 Å². The molecule has 0 bridgehead atoms. The van der Waals surface area contributed by atoms with Gasteiger partial charge < -0.3 is 10.5 Å². The molecule has 1 atom stereocenters. The van der Waals surface area contributed by atoms with Gasteiger partial charge in [-0.1, -0.05) is 32.4 Å². The summed E-state index contributed by atoms with van der Waals surface area (Å²) < 4.78 is 5.55.